The first-order valence-corrected chi connectivity index (χ1v) is 4.53. The maximum absolute atomic E-state index is 5.13. The molecular formula is C8H19N3S. The number of rotatable bonds is 2. The maximum atomic E-state index is 5.13. The van der Waals surface area contributed by atoms with Crippen molar-refractivity contribution in [3.63, 3.8) is 0 Å². The average molecular weight is 189 g/mol. The summed E-state index contributed by atoms with van der Waals surface area (Å²) in [6.07, 6.45) is 1.06. The molecule has 0 radical (unpaired) electrons. The molecule has 4 heteroatoms. The molecule has 12 heavy (non-hydrogen) atoms. The van der Waals surface area contributed by atoms with Crippen LogP contribution < -0.4 is 16.6 Å². The van der Waals surface area contributed by atoms with Crippen LogP contribution in [0.1, 0.15) is 34.1 Å². The number of nitrogens with one attached hydrogen (secondary N) is 2. The minimum absolute atomic E-state index is 0.316. The predicted molar refractivity (Wildman–Crippen MR) is 56.6 cm³/mol. The molecule has 0 amide bonds. The summed E-state index contributed by atoms with van der Waals surface area (Å²) in [5.74, 6) is 5.13. The lowest BCUT2D eigenvalue weighted by Gasteiger charge is -2.24. The van der Waals surface area contributed by atoms with Gasteiger partial charge in [-0.3, -0.25) is 0 Å². The fourth-order valence-corrected chi connectivity index (χ4v) is 1.44. The second-order valence-corrected chi connectivity index (χ2v) is 4.69. The topological polar surface area (TPSA) is 50.1 Å². The third kappa shape index (κ3) is 6.37. The quantitative estimate of drug-likeness (QED) is 0.346. The summed E-state index contributed by atoms with van der Waals surface area (Å²) in [7, 11) is 0. The number of thiocarbonyl (C=S) groups is 1. The van der Waals surface area contributed by atoms with Crippen molar-refractivity contribution in [2.45, 2.75) is 40.2 Å². The Morgan fingerprint density at radius 1 is 1.50 bits per heavy atom. The highest BCUT2D eigenvalue weighted by atomic mass is 32.1. The van der Waals surface area contributed by atoms with E-state index in [4.69, 9.17) is 18.1 Å². The van der Waals surface area contributed by atoms with Crippen LogP contribution in [0.15, 0.2) is 0 Å². The standard InChI is InChI=1S/C8H19N3S/c1-6(5-8(2,3)4)10-7(12)11-9/h6H,5,9H2,1-4H3,(H2,10,11,12). The van der Waals surface area contributed by atoms with Gasteiger partial charge in [0.1, 0.15) is 0 Å². The van der Waals surface area contributed by atoms with Crippen molar-refractivity contribution in [3.05, 3.63) is 0 Å². The lowest BCUT2D eigenvalue weighted by atomic mass is 9.89. The number of hydrogen-bond acceptors (Lipinski definition) is 2. The van der Waals surface area contributed by atoms with Crippen LogP contribution in [0.2, 0.25) is 0 Å². The second kappa shape index (κ2) is 4.62. The van der Waals surface area contributed by atoms with Crippen LogP contribution in [0.25, 0.3) is 0 Å². The van der Waals surface area contributed by atoms with Crippen molar-refractivity contribution in [1.82, 2.24) is 10.7 Å². The molecule has 3 nitrogen and oxygen atoms in total. The predicted octanol–water partition coefficient (Wildman–Crippen LogP) is 1.15. The average Bonchev–Trinajstić information content (AvgIpc) is 1.82. The Morgan fingerprint density at radius 2 is 2.00 bits per heavy atom. The number of nitrogens with two attached hydrogens (primary N) is 1. The van der Waals surface area contributed by atoms with E-state index in [2.05, 4.69) is 38.4 Å². The van der Waals surface area contributed by atoms with Gasteiger partial charge in [-0.05, 0) is 31.0 Å². The van der Waals surface area contributed by atoms with Crippen molar-refractivity contribution in [2.75, 3.05) is 0 Å². The zero-order valence-corrected chi connectivity index (χ0v) is 9.09. The van der Waals surface area contributed by atoms with E-state index in [1.807, 2.05) is 0 Å². The Hall–Kier alpha value is -0.350. The molecule has 1 unspecified atom stereocenters. The molecule has 0 heterocycles. The van der Waals surface area contributed by atoms with Gasteiger partial charge in [-0.25, -0.2) is 5.84 Å². The van der Waals surface area contributed by atoms with Crippen LogP contribution in [0, 0.1) is 5.41 Å². The molecule has 0 aliphatic rings. The normalized spacial score (nSPS) is 13.8. The minimum Gasteiger partial charge on any atom is -0.359 e. The van der Waals surface area contributed by atoms with Crippen LogP contribution in [-0.2, 0) is 0 Å². The van der Waals surface area contributed by atoms with Crippen molar-refractivity contribution in [3.8, 4) is 0 Å². The zero-order valence-electron chi connectivity index (χ0n) is 8.27. The molecule has 0 aromatic heterocycles. The van der Waals surface area contributed by atoms with Gasteiger partial charge in [-0.1, -0.05) is 20.8 Å². The van der Waals surface area contributed by atoms with Gasteiger partial charge in [0.15, 0.2) is 5.11 Å². The first-order chi connectivity index (χ1) is 5.35. The molecule has 0 rings (SSSR count). The van der Waals surface area contributed by atoms with Crippen molar-refractivity contribution in [1.29, 1.82) is 0 Å². The van der Waals surface area contributed by atoms with Gasteiger partial charge in [0.05, 0.1) is 0 Å². The Balaban J connectivity index is 3.74. The monoisotopic (exact) mass is 189 g/mol. The van der Waals surface area contributed by atoms with Gasteiger partial charge in [0.2, 0.25) is 0 Å². The van der Waals surface area contributed by atoms with Gasteiger partial charge in [-0.2, -0.15) is 0 Å². The Kier molecular flexibility index (Phi) is 4.49. The molecule has 1 atom stereocenters. The molecule has 0 aliphatic heterocycles. The van der Waals surface area contributed by atoms with Gasteiger partial charge in [0, 0.05) is 6.04 Å². The molecule has 0 fully saturated rings. The van der Waals surface area contributed by atoms with Gasteiger partial charge >= 0.3 is 0 Å². The molecule has 0 aromatic rings. The summed E-state index contributed by atoms with van der Waals surface area (Å²) in [5.41, 5.74) is 2.72. The molecule has 0 aliphatic carbocycles. The highest BCUT2D eigenvalue weighted by Crippen LogP contribution is 2.20. The van der Waals surface area contributed by atoms with E-state index >= 15 is 0 Å². The van der Waals surface area contributed by atoms with Gasteiger partial charge in [0.25, 0.3) is 0 Å². The van der Waals surface area contributed by atoms with E-state index in [-0.39, 0.29) is 0 Å². The molecule has 0 saturated carbocycles. The first-order valence-electron chi connectivity index (χ1n) is 4.12. The summed E-state index contributed by atoms with van der Waals surface area (Å²) in [6, 6.07) is 0.355. The summed E-state index contributed by atoms with van der Waals surface area (Å²) in [6.45, 7) is 8.69. The molecule has 0 aromatic carbocycles. The zero-order chi connectivity index (χ0) is 9.78. The second-order valence-electron chi connectivity index (χ2n) is 4.28. The Bertz CT molecular complexity index is 151. The summed E-state index contributed by atoms with van der Waals surface area (Å²) < 4.78 is 0. The maximum Gasteiger partial charge on any atom is 0.180 e. The van der Waals surface area contributed by atoms with E-state index < -0.39 is 0 Å². The van der Waals surface area contributed by atoms with Crippen LogP contribution in [-0.4, -0.2) is 11.2 Å². The molecule has 72 valence electrons. The minimum atomic E-state index is 0.316. The van der Waals surface area contributed by atoms with Gasteiger partial charge in [-0.15, -0.1) is 0 Å². The largest absolute Gasteiger partial charge is 0.359 e. The Morgan fingerprint density at radius 3 is 2.33 bits per heavy atom. The lowest BCUT2D eigenvalue weighted by molar-refractivity contribution is 0.336. The molecule has 4 N–H and O–H groups in total. The highest BCUT2D eigenvalue weighted by Gasteiger charge is 2.15. The van der Waals surface area contributed by atoms with E-state index in [0.717, 1.165) is 6.42 Å². The van der Waals surface area contributed by atoms with Crippen LogP contribution in [0.5, 0.6) is 0 Å². The fourth-order valence-electron chi connectivity index (χ4n) is 1.24. The molecule has 0 saturated heterocycles. The van der Waals surface area contributed by atoms with Crippen molar-refractivity contribution >= 4 is 17.3 Å². The number of hydrazine groups is 1. The number of hydrogen-bond donors (Lipinski definition) is 3. The summed E-state index contributed by atoms with van der Waals surface area (Å²) >= 11 is 4.87. The third-order valence-electron chi connectivity index (χ3n) is 1.43. The highest BCUT2D eigenvalue weighted by molar-refractivity contribution is 7.80. The van der Waals surface area contributed by atoms with E-state index in [1.165, 1.54) is 0 Å². The fraction of sp³-hybridized carbons (Fsp3) is 0.875. The van der Waals surface area contributed by atoms with Crippen molar-refractivity contribution in [2.24, 2.45) is 11.3 Å². The van der Waals surface area contributed by atoms with Crippen LogP contribution >= 0.6 is 12.2 Å². The summed E-state index contributed by atoms with van der Waals surface area (Å²) in [5, 5.41) is 3.59. The smallest absolute Gasteiger partial charge is 0.180 e. The molecular weight excluding hydrogens is 170 g/mol. The summed E-state index contributed by atoms with van der Waals surface area (Å²) in [4.78, 5) is 0. The van der Waals surface area contributed by atoms with Crippen LogP contribution in [0.3, 0.4) is 0 Å². The van der Waals surface area contributed by atoms with E-state index in [0.29, 0.717) is 16.6 Å². The molecule has 0 bridgehead atoms. The van der Waals surface area contributed by atoms with Gasteiger partial charge < -0.3 is 10.7 Å². The van der Waals surface area contributed by atoms with E-state index in [9.17, 15) is 0 Å². The molecule has 0 spiro atoms. The third-order valence-corrected chi connectivity index (χ3v) is 1.66. The van der Waals surface area contributed by atoms with E-state index in [1.54, 1.807) is 0 Å². The van der Waals surface area contributed by atoms with Crippen LogP contribution in [0.4, 0.5) is 0 Å². The van der Waals surface area contributed by atoms with Crippen molar-refractivity contribution < 1.29 is 0 Å². The SMILES string of the molecule is CC(CC(C)(C)C)NC(=S)NN. The lowest BCUT2D eigenvalue weighted by Crippen LogP contribution is -2.44. The first kappa shape index (κ1) is 11.6. The Labute approximate surface area is 80.1 Å².